The van der Waals surface area contributed by atoms with Crippen molar-refractivity contribution in [1.82, 2.24) is 4.90 Å². The average molecular weight is 255 g/mol. The van der Waals surface area contributed by atoms with Crippen molar-refractivity contribution in [3.8, 4) is 0 Å². The molecule has 4 heteroatoms. The van der Waals surface area contributed by atoms with Gasteiger partial charge in [-0.3, -0.25) is 4.79 Å². The fourth-order valence-electron chi connectivity index (χ4n) is 2.13. The fraction of sp³-hybridized carbons (Fsp3) is 0.462. The number of benzene rings is 1. The summed E-state index contributed by atoms with van der Waals surface area (Å²) in [5.41, 5.74) is 7.46. The Hall–Kier alpha value is -1.06. The highest BCUT2D eigenvalue weighted by Gasteiger charge is 2.19. The lowest BCUT2D eigenvalue weighted by atomic mass is 10.1. The molecular formula is C13H19ClN2O. The van der Waals surface area contributed by atoms with Crippen LogP contribution in [0.3, 0.4) is 0 Å². The molecule has 1 fully saturated rings. The van der Waals surface area contributed by atoms with Crippen molar-refractivity contribution in [2.45, 2.75) is 19.3 Å². The molecule has 0 saturated carbocycles. The van der Waals surface area contributed by atoms with E-state index in [2.05, 4.69) is 0 Å². The standard InChI is InChI=1S/C13H18N2O.ClH/c14-7-6-11-4-3-5-12(10-11)13(16)15-8-1-2-9-15;/h3-5,10H,1-2,6-9,14H2;1H. The molecule has 0 bridgehead atoms. The Morgan fingerprint density at radius 3 is 2.65 bits per heavy atom. The lowest BCUT2D eigenvalue weighted by molar-refractivity contribution is 0.0792. The molecular weight excluding hydrogens is 236 g/mol. The number of hydrogen-bond donors (Lipinski definition) is 1. The van der Waals surface area contributed by atoms with Crippen molar-refractivity contribution >= 4 is 18.3 Å². The second-order valence-electron chi connectivity index (χ2n) is 4.24. The van der Waals surface area contributed by atoms with Gasteiger partial charge in [-0.25, -0.2) is 0 Å². The van der Waals surface area contributed by atoms with Crippen LogP contribution in [0.1, 0.15) is 28.8 Å². The molecule has 1 aliphatic rings. The summed E-state index contributed by atoms with van der Waals surface area (Å²) in [7, 11) is 0. The Balaban J connectivity index is 0.00000144. The minimum Gasteiger partial charge on any atom is -0.339 e. The molecule has 2 rings (SSSR count). The largest absolute Gasteiger partial charge is 0.339 e. The highest BCUT2D eigenvalue weighted by Crippen LogP contribution is 2.14. The molecule has 17 heavy (non-hydrogen) atoms. The van der Waals surface area contributed by atoms with Crippen LogP contribution in [0.25, 0.3) is 0 Å². The van der Waals surface area contributed by atoms with Gasteiger partial charge >= 0.3 is 0 Å². The summed E-state index contributed by atoms with van der Waals surface area (Å²) in [6, 6.07) is 7.82. The summed E-state index contributed by atoms with van der Waals surface area (Å²) in [6.07, 6.45) is 3.10. The molecule has 1 amide bonds. The van der Waals surface area contributed by atoms with Gasteiger partial charge in [-0.15, -0.1) is 12.4 Å². The lowest BCUT2D eigenvalue weighted by Crippen LogP contribution is -2.27. The van der Waals surface area contributed by atoms with Crippen molar-refractivity contribution in [3.05, 3.63) is 35.4 Å². The highest BCUT2D eigenvalue weighted by molar-refractivity contribution is 5.94. The normalized spacial score (nSPS) is 14.5. The van der Waals surface area contributed by atoms with Crippen LogP contribution in [-0.4, -0.2) is 30.4 Å². The average Bonchev–Trinajstić information content (AvgIpc) is 2.82. The highest BCUT2D eigenvalue weighted by atomic mass is 35.5. The maximum atomic E-state index is 12.1. The fourth-order valence-corrected chi connectivity index (χ4v) is 2.13. The number of amides is 1. The number of carbonyl (C=O) groups excluding carboxylic acids is 1. The molecule has 3 nitrogen and oxygen atoms in total. The maximum absolute atomic E-state index is 12.1. The Bertz CT molecular complexity index is 375. The molecule has 0 unspecified atom stereocenters. The minimum atomic E-state index is 0. The zero-order valence-corrected chi connectivity index (χ0v) is 10.7. The molecule has 0 aliphatic carbocycles. The smallest absolute Gasteiger partial charge is 0.253 e. The summed E-state index contributed by atoms with van der Waals surface area (Å²) in [4.78, 5) is 14.0. The Morgan fingerprint density at radius 1 is 1.29 bits per heavy atom. The third kappa shape index (κ3) is 3.45. The van der Waals surface area contributed by atoms with Gasteiger partial charge in [0, 0.05) is 18.7 Å². The predicted octanol–water partition coefficient (Wildman–Crippen LogP) is 1.85. The molecule has 1 aromatic rings. The van der Waals surface area contributed by atoms with Gasteiger partial charge < -0.3 is 10.6 Å². The summed E-state index contributed by atoms with van der Waals surface area (Å²) < 4.78 is 0. The number of rotatable bonds is 3. The predicted molar refractivity (Wildman–Crippen MR) is 71.6 cm³/mol. The van der Waals surface area contributed by atoms with E-state index in [1.807, 2.05) is 29.2 Å². The number of carbonyl (C=O) groups is 1. The first-order valence-electron chi connectivity index (χ1n) is 5.89. The van der Waals surface area contributed by atoms with Crippen molar-refractivity contribution in [2.75, 3.05) is 19.6 Å². The van der Waals surface area contributed by atoms with E-state index in [9.17, 15) is 4.79 Å². The van der Waals surface area contributed by atoms with E-state index in [0.717, 1.165) is 43.5 Å². The molecule has 1 heterocycles. The number of nitrogens with zero attached hydrogens (tertiary/aromatic N) is 1. The van der Waals surface area contributed by atoms with Gasteiger partial charge in [-0.05, 0) is 43.5 Å². The van der Waals surface area contributed by atoms with Gasteiger partial charge in [-0.2, -0.15) is 0 Å². The molecule has 0 atom stereocenters. The second kappa shape index (κ2) is 6.62. The topological polar surface area (TPSA) is 46.3 Å². The van der Waals surface area contributed by atoms with E-state index in [1.54, 1.807) is 0 Å². The van der Waals surface area contributed by atoms with Crippen LogP contribution >= 0.6 is 12.4 Å². The van der Waals surface area contributed by atoms with Gasteiger partial charge in [-0.1, -0.05) is 12.1 Å². The van der Waals surface area contributed by atoms with Gasteiger partial charge in [0.2, 0.25) is 0 Å². The number of likely N-dealkylation sites (tertiary alicyclic amines) is 1. The molecule has 1 aliphatic heterocycles. The SMILES string of the molecule is Cl.NCCc1cccc(C(=O)N2CCCC2)c1. The van der Waals surface area contributed by atoms with Crippen molar-refractivity contribution in [1.29, 1.82) is 0 Å². The van der Waals surface area contributed by atoms with E-state index >= 15 is 0 Å². The summed E-state index contributed by atoms with van der Waals surface area (Å²) in [6.45, 7) is 2.43. The van der Waals surface area contributed by atoms with Gasteiger partial charge in [0.25, 0.3) is 5.91 Å². The van der Waals surface area contributed by atoms with Gasteiger partial charge in [0.15, 0.2) is 0 Å². The third-order valence-electron chi connectivity index (χ3n) is 3.00. The number of nitrogens with two attached hydrogens (primary N) is 1. The zero-order valence-electron chi connectivity index (χ0n) is 9.89. The van der Waals surface area contributed by atoms with Crippen molar-refractivity contribution in [3.63, 3.8) is 0 Å². The summed E-state index contributed by atoms with van der Waals surface area (Å²) in [5.74, 6) is 0.163. The third-order valence-corrected chi connectivity index (χ3v) is 3.00. The van der Waals surface area contributed by atoms with Gasteiger partial charge in [0.05, 0.1) is 0 Å². The molecule has 1 aromatic carbocycles. The van der Waals surface area contributed by atoms with Crippen LogP contribution in [0.2, 0.25) is 0 Å². The molecule has 2 N–H and O–H groups in total. The van der Waals surface area contributed by atoms with E-state index in [1.165, 1.54) is 0 Å². The maximum Gasteiger partial charge on any atom is 0.253 e. The number of hydrogen-bond acceptors (Lipinski definition) is 2. The van der Waals surface area contributed by atoms with Crippen LogP contribution in [0.5, 0.6) is 0 Å². The Morgan fingerprint density at radius 2 is 2.00 bits per heavy atom. The van der Waals surface area contributed by atoms with E-state index in [0.29, 0.717) is 6.54 Å². The monoisotopic (exact) mass is 254 g/mol. The first-order chi connectivity index (χ1) is 7.81. The lowest BCUT2D eigenvalue weighted by Gasteiger charge is -2.15. The van der Waals surface area contributed by atoms with E-state index < -0.39 is 0 Å². The second-order valence-corrected chi connectivity index (χ2v) is 4.24. The van der Waals surface area contributed by atoms with Crippen LogP contribution in [0.4, 0.5) is 0 Å². The van der Waals surface area contributed by atoms with E-state index in [-0.39, 0.29) is 18.3 Å². The Kier molecular flexibility index (Phi) is 5.45. The number of halogens is 1. The van der Waals surface area contributed by atoms with Crippen molar-refractivity contribution < 1.29 is 4.79 Å². The zero-order chi connectivity index (χ0) is 11.4. The summed E-state index contributed by atoms with van der Waals surface area (Å²) in [5, 5.41) is 0. The molecule has 0 spiro atoms. The van der Waals surface area contributed by atoms with Gasteiger partial charge in [0.1, 0.15) is 0 Å². The quantitative estimate of drug-likeness (QED) is 0.895. The Labute approximate surface area is 108 Å². The van der Waals surface area contributed by atoms with E-state index in [4.69, 9.17) is 5.73 Å². The van der Waals surface area contributed by atoms with Crippen molar-refractivity contribution in [2.24, 2.45) is 5.73 Å². The van der Waals surface area contributed by atoms with Crippen LogP contribution in [-0.2, 0) is 6.42 Å². The first-order valence-corrected chi connectivity index (χ1v) is 5.89. The van der Waals surface area contributed by atoms with Crippen LogP contribution in [0.15, 0.2) is 24.3 Å². The molecule has 94 valence electrons. The molecule has 1 saturated heterocycles. The first kappa shape index (κ1) is 14.0. The van der Waals surface area contributed by atoms with Crippen LogP contribution < -0.4 is 5.73 Å². The minimum absolute atomic E-state index is 0. The van der Waals surface area contributed by atoms with Crippen LogP contribution in [0, 0.1) is 0 Å². The molecule has 0 radical (unpaired) electrons. The summed E-state index contributed by atoms with van der Waals surface area (Å²) >= 11 is 0. The molecule has 0 aromatic heterocycles.